The number of aliphatic hydroxyl groups is 1. The topological polar surface area (TPSA) is 147 Å². The van der Waals surface area contributed by atoms with Crippen LogP contribution in [0, 0.1) is 25.7 Å². The summed E-state index contributed by atoms with van der Waals surface area (Å²) in [7, 11) is 0. The number of hydrogen-bond donors (Lipinski definition) is 6. The van der Waals surface area contributed by atoms with Crippen molar-refractivity contribution in [3.05, 3.63) is 102 Å². The minimum absolute atomic E-state index is 0.134. The van der Waals surface area contributed by atoms with Crippen LogP contribution in [-0.4, -0.2) is 37.7 Å². The minimum atomic E-state index is -0.574. The fraction of sp³-hybridized carbons (Fsp3) is 0.429. The van der Waals surface area contributed by atoms with Crippen molar-refractivity contribution in [3.63, 3.8) is 0 Å². The summed E-state index contributed by atoms with van der Waals surface area (Å²) in [5, 5.41) is 52.9. The third-order valence-corrected chi connectivity index (χ3v) is 9.19. The Morgan fingerprint density at radius 1 is 0.721 bits per heavy atom. The van der Waals surface area contributed by atoms with Crippen LogP contribution in [0.25, 0.3) is 0 Å². The van der Waals surface area contributed by atoms with E-state index in [1.54, 1.807) is 13.8 Å². The second-order valence-corrected chi connectivity index (χ2v) is 12.1. The van der Waals surface area contributed by atoms with Gasteiger partial charge in [-0.1, -0.05) is 30.3 Å². The number of aryl methyl sites for hydroxylation is 2. The third kappa shape index (κ3) is 7.20. The van der Waals surface area contributed by atoms with E-state index in [1.807, 2.05) is 25.1 Å². The zero-order valence-electron chi connectivity index (χ0n) is 25.4. The normalized spacial score (nSPS) is 18.8. The molecule has 0 bridgehead atoms. The van der Waals surface area contributed by atoms with Crippen molar-refractivity contribution >= 4 is 0 Å². The molecule has 8 nitrogen and oxygen atoms in total. The average molecular weight is 590 g/mol. The van der Waals surface area contributed by atoms with Gasteiger partial charge in [-0.05, 0) is 118 Å². The standard InChI is InChI=1S/C21H25NO3.C14H18O4/c1-13-10-19(23)21(25)20(24)17-9-8-16(11-18(13)17)14(2)22-12-15-6-4-3-5-7-15;1-7-5-12(16)14(18)13(17)10-4-3-9(8(2)15)6-11(7)10/h3-7,10,14,16,22H,8-9,11-12H2,1-2H3,(H2,23,24,25);5,8-9,15H,3-4,6H2,1-2H3,(H2,16,17,18). The van der Waals surface area contributed by atoms with E-state index in [-0.39, 0.29) is 17.4 Å². The van der Waals surface area contributed by atoms with Gasteiger partial charge in [-0.2, -0.15) is 0 Å². The van der Waals surface area contributed by atoms with Crippen LogP contribution < -0.4 is 16.2 Å². The number of aromatic hydroxyl groups is 4. The van der Waals surface area contributed by atoms with Gasteiger partial charge in [-0.15, -0.1) is 0 Å². The van der Waals surface area contributed by atoms with E-state index in [0.717, 1.165) is 53.6 Å². The number of nitrogens with one attached hydrogen (secondary N) is 1. The van der Waals surface area contributed by atoms with Gasteiger partial charge in [0.05, 0.1) is 6.10 Å². The van der Waals surface area contributed by atoms with Crippen LogP contribution in [0.2, 0.25) is 0 Å². The Labute approximate surface area is 252 Å². The van der Waals surface area contributed by atoms with Crippen LogP contribution in [-0.2, 0) is 32.2 Å². The number of fused-ring (bicyclic) bond motifs is 2. The van der Waals surface area contributed by atoms with Gasteiger partial charge in [0, 0.05) is 23.7 Å². The molecule has 4 unspecified atom stereocenters. The summed E-state index contributed by atoms with van der Waals surface area (Å²) in [6.45, 7) is 8.44. The van der Waals surface area contributed by atoms with Gasteiger partial charge in [0.25, 0.3) is 0 Å². The van der Waals surface area contributed by atoms with Crippen molar-refractivity contribution < 1.29 is 25.5 Å². The Hall–Kier alpha value is -3.88. The Kier molecular flexibility index (Phi) is 10.1. The molecule has 0 saturated carbocycles. The first-order valence-corrected chi connectivity index (χ1v) is 15.0. The van der Waals surface area contributed by atoms with E-state index in [4.69, 9.17) is 0 Å². The molecule has 2 aliphatic carbocycles. The molecule has 3 aromatic rings. The second kappa shape index (κ2) is 13.6. The molecule has 0 saturated heterocycles. The molecule has 0 aliphatic heterocycles. The number of benzene rings is 1. The van der Waals surface area contributed by atoms with Gasteiger partial charge >= 0.3 is 0 Å². The number of rotatable bonds is 5. The van der Waals surface area contributed by atoms with Gasteiger partial charge in [-0.3, -0.25) is 9.59 Å². The Balaban J connectivity index is 0.000000208. The van der Waals surface area contributed by atoms with Gasteiger partial charge in [0.2, 0.25) is 22.4 Å². The minimum Gasteiger partial charge on any atom is -0.504 e. The van der Waals surface area contributed by atoms with Crippen LogP contribution in [0.1, 0.15) is 65.6 Å². The first-order valence-electron chi connectivity index (χ1n) is 15.0. The smallest absolute Gasteiger partial charge is 0.224 e. The van der Waals surface area contributed by atoms with E-state index in [0.29, 0.717) is 36.8 Å². The maximum Gasteiger partial charge on any atom is 0.224 e. The molecule has 0 amide bonds. The molecule has 5 rings (SSSR count). The van der Waals surface area contributed by atoms with Crippen molar-refractivity contribution in [2.75, 3.05) is 0 Å². The SMILES string of the molecule is Cc1cc(=O)c(O)c(O)c2c1CC(C(C)NCc1ccccc1)CC2.Cc1cc(=O)c(O)c(O)c2c1CC(C(C)O)CC2. The first kappa shape index (κ1) is 32.0. The fourth-order valence-corrected chi connectivity index (χ4v) is 6.36. The molecular formula is C35H43NO7. The predicted octanol–water partition coefficient (Wildman–Crippen LogP) is 4.30. The first-order chi connectivity index (χ1) is 20.4. The average Bonchev–Trinajstić information content (AvgIpc) is 3.14. The molecule has 0 spiro atoms. The van der Waals surface area contributed by atoms with Crippen molar-refractivity contribution in [1.82, 2.24) is 5.32 Å². The van der Waals surface area contributed by atoms with E-state index < -0.39 is 28.5 Å². The summed E-state index contributed by atoms with van der Waals surface area (Å²) in [5.74, 6) is -1.08. The van der Waals surface area contributed by atoms with Crippen LogP contribution >= 0.6 is 0 Å². The molecule has 43 heavy (non-hydrogen) atoms. The lowest BCUT2D eigenvalue weighted by atomic mass is 9.79. The lowest BCUT2D eigenvalue weighted by Crippen LogP contribution is -2.36. The molecule has 0 heterocycles. The largest absolute Gasteiger partial charge is 0.504 e. The van der Waals surface area contributed by atoms with Crippen LogP contribution in [0.15, 0.2) is 52.1 Å². The highest BCUT2D eigenvalue weighted by Crippen LogP contribution is 2.38. The van der Waals surface area contributed by atoms with E-state index in [9.17, 15) is 35.1 Å². The fourth-order valence-electron chi connectivity index (χ4n) is 6.36. The molecule has 4 atom stereocenters. The van der Waals surface area contributed by atoms with Crippen molar-refractivity contribution in [2.45, 2.75) is 84.9 Å². The highest BCUT2D eigenvalue weighted by molar-refractivity contribution is 5.52. The third-order valence-electron chi connectivity index (χ3n) is 9.19. The second-order valence-electron chi connectivity index (χ2n) is 12.1. The maximum absolute atomic E-state index is 11.9. The van der Waals surface area contributed by atoms with E-state index in [2.05, 4.69) is 24.4 Å². The van der Waals surface area contributed by atoms with E-state index in [1.165, 1.54) is 17.7 Å². The highest BCUT2D eigenvalue weighted by atomic mass is 16.3. The summed E-state index contributed by atoms with van der Waals surface area (Å²) in [4.78, 5) is 23.4. The summed E-state index contributed by atoms with van der Waals surface area (Å²) < 4.78 is 0. The summed E-state index contributed by atoms with van der Waals surface area (Å²) in [5.41, 5.74) is 5.02. The quantitative estimate of drug-likeness (QED) is 0.258. The van der Waals surface area contributed by atoms with Gasteiger partial charge in [0.1, 0.15) is 0 Å². The van der Waals surface area contributed by atoms with Gasteiger partial charge in [0.15, 0.2) is 11.5 Å². The van der Waals surface area contributed by atoms with Crippen LogP contribution in [0.5, 0.6) is 23.0 Å². The molecule has 0 fully saturated rings. The number of hydrogen-bond acceptors (Lipinski definition) is 8. The lowest BCUT2D eigenvalue weighted by molar-refractivity contribution is 0.116. The molecule has 0 radical (unpaired) electrons. The molecule has 8 heteroatoms. The monoisotopic (exact) mass is 589 g/mol. The zero-order chi connectivity index (χ0) is 31.4. The summed E-state index contributed by atoms with van der Waals surface area (Å²) in [6.07, 6.45) is 3.91. The van der Waals surface area contributed by atoms with Crippen molar-refractivity contribution in [3.8, 4) is 23.0 Å². The van der Waals surface area contributed by atoms with Crippen LogP contribution in [0.3, 0.4) is 0 Å². The summed E-state index contributed by atoms with van der Waals surface area (Å²) in [6, 6.07) is 13.4. The summed E-state index contributed by atoms with van der Waals surface area (Å²) >= 11 is 0. The highest BCUT2D eigenvalue weighted by Gasteiger charge is 2.28. The van der Waals surface area contributed by atoms with Gasteiger partial charge in [-0.25, -0.2) is 0 Å². The molecule has 3 aromatic carbocycles. The Bertz CT molecular complexity index is 1590. The Morgan fingerprint density at radius 3 is 1.67 bits per heavy atom. The van der Waals surface area contributed by atoms with Crippen LogP contribution in [0.4, 0.5) is 0 Å². The molecular weight excluding hydrogens is 546 g/mol. The van der Waals surface area contributed by atoms with Crippen molar-refractivity contribution in [1.29, 1.82) is 0 Å². The molecule has 6 N–H and O–H groups in total. The number of aliphatic hydroxyl groups excluding tert-OH is 1. The zero-order valence-corrected chi connectivity index (χ0v) is 25.4. The molecule has 0 aromatic heterocycles. The predicted molar refractivity (Wildman–Crippen MR) is 167 cm³/mol. The maximum atomic E-state index is 11.9. The Morgan fingerprint density at radius 2 is 1.19 bits per heavy atom. The molecule has 2 aliphatic rings. The molecule has 230 valence electrons. The van der Waals surface area contributed by atoms with E-state index >= 15 is 0 Å². The lowest BCUT2D eigenvalue weighted by Gasteiger charge is -2.30. The van der Waals surface area contributed by atoms with Crippen molar-refractivity contribution in [2.24, 2.45) is 11.8 Å². The van der Waals surface area contributed by atoms with Gasteiger partial charge < -0.3 is 30.8 Å².